The molecule has 4 rings (SSSR count). The number of aryl methyl sites for hydroxylation is 1. The number of aromatic nitrogens is 5. The van der Waals surface area contributed by atoms with Gasteiger partial charge in [-0.3, -0.25) is 9.50 Å². The number of nitrogens with zero attached hydrogens (tertiary/aromatic N) is 4. The number of aromatic amines is 1. The fourth-order valence-electron chi connectivity index (χ4n) is 2.25. The number of fused-ring (bicyclic) bond motifs is 1. The van der Waals surface area contributed by atoms with Crippen molar-refractivity contribution in [3.63, 3.8) is 0 Å². The van der Waals surface area contributed by atoms with Gasteiger partial charge in [-0.05, 0) is 19.8 Å². The fraction of sp³-hybridized carbons (Fsp3) is 0.308. The maximum atomic E-state index is 4.50. The van der Waals surface area contributed by atoms with Gasteiger partial charge in [0.05, 0.1) is 0 Å². The molecule has 0 saturated heterocycles. The molecule has 0 spiro atoms. The van der Waals surface area contributed by atoms with Crippen molar-refractivity contribution in [2.24, 2.45) is 0 Å². The first-order valence-electron chi connectivity index (χ1n) is 6.42. The maximum Gasteiger partial charge on any atom is 0.214 e. The van der Waals surface area contributed by atoms with Crippen LogP contribution in [-0.4, -0.2) is 24.6 Å². The van der Waals surface area contributed by atoms with E-state index in [1.165, 1.54) is 18.5 Å². The molecule has 1 saturated carbocycles. The van der Waals surface area contributed by atoms with E-state index in [0.29, 0.717) is 5.92 Å². The molecule has 0 atom stereocenters. The molecule has 3 aromatic heterocycles. The van der Waals surface area contributed by atoms with Crippen LogP contribution >= 0.6 is 0 Å². The first-order valence-corrected chi connectivity index (χ1v) is 6.42. The molecule has 3 aromatic rings. The number of H-pyrrole nitrogens is 1. The largest absolute Gasteiger partial charge is 0.308 e. The molecule has 19 heavy (non-hydrogen) atoms. The van der Waals surface area contributed by atoms with Crippen molar-refractivity contribution >= 4 is 17.4 Å². The standard InChI is InChI=1S/C13H14N6/c1-8-6-12-14-4-5-19(12)13(15-8)16-11-7-10(17-18-11)9-2-3-9/h4-7,9H,2-3H2,1H3,(H2,15,16,17,18). The van der Waals surface area contributed by atoms with Crippen LogP contribution in [0.3, 0.4) is 0 Å². The van der Waals surface area contributed by atoms with Crippen molar-refractivity contribution in [1.29, 1.82) is 0 Å². The third-order valence-electron chi connectivity index (χ3n) is 3.37. The quantitative estimate of drug-likeness (QED) is 0.752. The molecule has 0 bridgehead atoms. The minimum Gasteiger partial charge on any atom is -0.308 e. The highest BCUT2D eigenvalue weighted by molar-refractivity contribution is 5.54. The molecule has 3 heterocycles. The zero-order chi connectivity index (χ0) is 12.8. The highest BCUT2D eigenvalue weighted by atomic mass is 15.3. The predicted molar refractivity (Wildman–Crippen MR) is 71.6 cm³/mol. The molecule has 0 unspecified atom stereocenters. The van der Waals surface area contributed by atoms with Gasteiger partial charge in [0.25, 0.3) is 0 Å². The number of rotatable bonds is 3. The summed E-state index contributed by atoms with van der Waals surface area (Å²) < 4.78 is 1.92. The highest BCUT2D eigenvalue weighted by Gasteiger charge is 2.25. The number of imidazole rings is 1. The minimum atomic E-state index is 0.668. The van der Waals surface area contributed by atoms with E-state index in [-0.39, 0.29) is 0 Å². The topological polar surface area (TPSA) is 70.9 Å². The summed E-state index contributed by atoms with van der Waals surface area (Å²) in [6.07, 6.45) is 6.17. The number of hydrogen-bond donors (Lipinski definition) is 2. The van der Waals surface area contributed by atoms with Crippen molar-refractivity contribution in [3.8, 4) is 0 Å². The Morgan fingerprint density at radius 3 is 3.11 bits per heavy atom. The summed E-state index contributed by atoms with van der Waals surface area (Å²) in [7, 11) is 0. The van der Waals surface area contributed by atoms with Crippen LogP contribution < -0.4 is 5.32 Å². The molecule has 6 nitrogen and oxygen atoms in total. The van der Waals surface area contributed by atoms with E-state index in [9.17, 15) is 0 Å². The summed E-state index contributed by atoms with van der Waals surface area (Å²) in [5, 5.41) is 10.6. The third kappa shape index (κ3) is 1.85. The summed E-state index contributed by atoms with van der Waals surface area (Å²) in [4.78, 5) is 8.78. The van der Waals surface area contributed by atoms with Crippen LogP contribution in [0.15, 0.2) is 24.5 Å². The Labute approximate surface area is 109 Å². The molecule has 0 amide bonds. The molecule has 96 valence electrons. The second-order valence-electron chi connectivity index (χ2n) is 4.98. The van der Waals surface area contributed by atoms with Crippen molar-refractivity contribution < 1.29 is 0 Å². The Hall–Kier alpha value is -2.37. The van der Waals surface area contributed by atoms with Gasteiger partial charge in [-0.15, -0.1) is 0 Å². The van der Waals surface area contributed by atoms with E-state index < -0.39 is 0 Å². The van der Waals surface area contributed by atoms with Gasteiger partial charge in [-0.1, -0.05) is 0 Å². The van der Waals surface area contributed by atoms with Crippen LogP contribution in [0.5, 0.6) is 0 Å². The Bertz CT molecular complexity index is 737. The summed E-state index contributed by atoms with van der Waals surface area (Å²) in [6, 6.07) is 4.01. The molecule has 6 heteroatoms. The van der Waals surface area contributed by atoms with E-state index in [2.05, 4.69) is 31.5 Å². The normalized spacial score (nSPS) is 15.0. The monoisotopic (exact) mass is 254 g/mol. The highest BCUT2D eigenvalue weighted by Crippen LogP contribution is 2.39. The summed E-state index contributed by atoms with van der Waals surface area (Å²) in [5.74, 6) is 2.21. The van der Waals surface area contributed by atoms with Crippen LogP contribution in [0, 0.1) is 6.92 Å². The number of hydrogen-bond acceptors (Lipinski definition) is 4. The average molecular weight is 254 g/mol. The molecule has 0 radical (unpaired) electrons. The Morgan fingerprint density at radius 2 is 2.26 bits per heavy atom. The van der Waals surface area contributed by atoms with E-state index in [1.54, 1.807) is 6.20 Å². The molecule has 2 N–H and O–H groups in total. The second kappa shape index (κ2) is 3.81. The smallest absolute Gasteiger partial charge is 0.214 e. The van der Waals surface area contributed by atoms with Crippen molar-refractivity contribution in [2.75, 3.05) is 5.32 Å². The minimum absolute atomic E-state index is 0.668. The van der Waals surface area contributed by atoms with E-state index in [4.69, 9.17) is 0 Å². The molecule has 0 aliphatic heterocycles. The third-order valence-corrected chi connectivity index (χ3v) is 3.37. The molecule has 0 aromatic carbocycles. The SMILES string of the molecule is Cc1cc2nccn2c(Nc2cc(C3CC3)[nH]n2)n1. The van der Waals surface area contributed by atoms with Crippen LogP contribution in [0.1, 0.15) is 30.1 Å². The number of nitrogens with one attached hydrogen (secondary N) is 2. The first-order chi connectivity index (χ1) is 9.29. The van der Waals surface area contributed by atoms with Gasteiger partial charge in [0.2, 0.25) is 5.95 Å². The lowest BCUT2D eigenvalue weighted by Crippen LogP contribution is -2.02. The Kier molecular flexibility index (Phi) is 2.11. The van der Waals surface area contributed by atoms with Gasteiger partial charge >= 0.3 is 0 Å². The van der Waals surface area contributed by atoms with Gasteiger partial charge in [0.15, 0.2) is 5.82 Å². The van der Waals surface area contributed by atoms with Crippen LogP contribution in [0.2, 0.25) is 0 Å². The van der Waals surface area contributed by atoms with E-state index in [1.807, 2.05) is 23.6 Å². The van der Waals surface area contributed by atoms with Crippen LogP contribution in [0.4, 0.5) is 11.8 Å². The summed E-state index contributed by atoms with van der Waals surface area (Å²) >= 11 is 0. The second-order valence-corrected chi connectivity index (χ2v) is 4.98. The van der Waals surface area contributed by atoms with Crippen molar-refractivity contribution in [1.82, 2.24) is 24.6 Å². The fourth-order valence-corrected chi connectivity index (χ4v) is 2.25. The lowest BCUT2D eigenvalue weighted by atomic mass is 10.3. The van der Waals surface area contributed by atoms with Gasteiger partial charge in [-0.25, -0.2) is 9.97 Å². The molecule has 1 aliphatic rings. The molecular weight excluding hydrogens is 240 g/mol. The predicted octanol–water partition coefficient (Wildman–Crippen LogP) is 2.38. The zero-order valence-corrected chi connectivity index (χ0v) is 10.6. The van der Waals surface area contributed by atoms with Gasteiger partial charge < -0.3 is 5.32 Å². The first kappa shape index (κ1) is 10.5. The Morgan fingerprint density at radius 1 is 1.37 bits per heavy atom. The lowest BCUT2D eigenvalue weighted by molar-refractivity contribution is 0.963. The van der Waals surface area contributed by atoms with E-state index >= 15 is 0 Å². The summed E-state index contributed by atoms with van der Waals surface area (Å²) in [5.41, 5.74) is 3.02. The molecular formula is C13H14N6. The summed E-state index contributed by atoms with van der Waals surface area (Å²) in [6.45, 7) is 1.96. The Balaban J connectivity index is 1.71. The maximum absolute atomic E-state index is 4.50. The molecule has 1 aliphatic carbocycles. The molecule has 1 fully saturated rings. The van der Waals surface area contributed by atoms with Crippen LogP contribution in [-0.2, 0) is 0 Å². The van der Waals surface area contributed by atoms with E-state index in [0.717, 1.165) is 23.1 Å². The van der Waals surface area contributed by atoms with Crippen LogP contribution in [0.25, 0.3) is 5.65 Å². The van der Waals surface area contributed by atoms with Crippen molar-refractivity contribution in [2.45, 2.75) is 25.7 Å². The average Bonchev–Trinajstić information content (AvgIpc) is 2.95. The van der Waals surface area contributed by atoms with Crippen molar-refractivity contribution in [3.05, 3.63) is 35.9 Å². The number of anilines is 2. The van der Waals surface area contributed by atoms with Gasteiger partial charge in [0.1, 0.15) is 5.65 Å². The lowest BCUT2D eigenvalue weighted by Gasteiger charge is -2.06. The van der Waals surface area contributed by atoms with Gasteiger partial charge in [-0.2, -0.15) is 5.10 Å². The zero-order valence-electron chi connectivity index (χ0n) is 10.6. The van der Waals surface area contributed by atoms with Gasteiger partial charge in [0, 0.05) is 41.8 Å².